The van der Waals surface area contributed by atoms with Crippen LogP contribution in [-0.4, -0.2) is 52.7 Å². The number of carboxylic acids is 1. The zero-order valence-corrected chi connectivity index (χ0v) is 21.0. The first kappa shape index (κ1) is 26.3. The van der Waals surface area contributed by atoms with Crippen LogP contribution in [0.15, 0.2) is 48.5 Å². The number of carbonyl (C=O) groups excluding carboxylic acids is 2. The van der Waals surface area contributed by atoms with Gasteiger partial charge in [-0.2, -0.15) is 0 Å². The zero-order chi connectivity index (χ0) is 25.6. The Bertz CT molecular complexity index is 1020. The molecule has 7 heteroatoms. The maximum Gasteiger partial charge on any atom is 0.408 e. The molecule has 35 heavy (non-hydrogen) atoms. The molecule has 0 aliphatic heterocycles. The minimum atomic E-state index is -1.15. The summed E-state index contributed by atoms with van der Waals surface area (Å²) >= 11 is 0. The highest BCUT2D eigenvalue weighted by Crippen LogP contribution is 2.44. The van der Waals surface area contributed by atoms with Crippen molar-refractivity contribution in [2.24, 2.45) is 0 Å². The Balaban J connectivity index is 1.70. The summed E-state index contributed by atoms with van der Waals surface area (Å²) in [5.74, 6) is -1.19. The smallest absolute Gasteiger partial charge is 0.408 e. The molecule has 1 unspecified atom stereocenters. The van der Waals surface area contributed by atoms with E-state index >= 15 is 0 Å². The lowest BCUT2D eigenvalue weighted by molar-refractivity contribution is -0.141. The van der Waals surface area contributed by atoms with Crippen LogP contribution in [0.4, 0.5) is 4.79 Å². The van der Waals surface area contributed by atoms with Gasteiger partial charge in [-0.1, -0.05) is 61.9 Å². The molecule has 0 saturated carbocycles. The molecule has 0 saturated heterocycles. The van der Waals surface area contributed by atoms with Crippen molar-refractivity contribution in [3.05, 3.63) is 59.7 Å². The van der Waals surface area contributed by atoms with Crippen LogP contribution in [0.3, 0.4) is 0 Å². The molecule has 0 aromatic heterocycles. The predicted octanol–water partition coefficient (Wildman–Crippen LogP) is 5.19. The number of benzene rings is 2. The van der Waals surface area contributed by atoms with Gasteiger partial charge in [-0.15, -0.1) is 0 Å². The van der Waals surface area contributed by atoms with Crippen molar-refractivity contribution in [1.29, 1.82) is 0 Å². The monoisotopic (exact) mass is 480 g/mol. The van der Waals surface area contributed by atoms with Crippen molar-refractivity contribution in [3.63, 3.8) is 0 Å². The van der Waals surface area contributed by atoms with Crippen LogP contribution in [0.5, 0.6) is 0 Å². The van der Waals surface area contributed by atoms with E-state index in [4.69, 9.17) is 9.84 Å². The molecule has 0 spiro atoms. The van der Waals surface area contributed by atoms with E-state index < -0.39 is 17.6 Å². The topological polar surface area (TPSA) is 95.9 Å². The lowest BCUT2D eigenvalue weighted by Crippen LogP contribution is -2.59. The number of hydrogen-bond donors (Lipinski definition) is 2. The molecule has 0 bridgehead atoms. The highest BCUT2D eigenvalue weighted by Gasteiger charge is 2.39. The predicted molar refractivity (Wildman–Crippen MR) is 135 cm³/mol. The second-order valence-electron chi connectivity index (χ2n) is 9.62. The van der Waals surface area contributed by atoms with Crippen LogP contribution < -0.4 is 5.32 Å². The van der Waals surface area contributed by atoms with Gasteiger partial charge in [-0.05, 0) is 55.9 Å². The summed E-state index contributed by atoms with van der Waals surface area (Å²) in [5.41, 5.74) is 3.40. The third-order valence-corrected chi connectivity index (χ3v) is 6.62. The SMILES string of the molecule is CCCC(C)(NC(=O)OCC1c2ccccc2-c2ccccc21)C(=O)N(CCCC(=O)O)C(C)C. The van der Waals surface area contributed by atoms with Crippen LogP contribution >= 0.6 is 0 Å². The van der Waals surface area contributed by atoms with Crippen LogP contribution in [0.2, 0.25) is 0 Å². The van der Waals surface area contributed by atoms with Crippen LogP contribution in [0.1, 0.15) is 70.4 Å². The number of nitrogens with one attached hydrogen (secondary N) is 1. The van der Waals surface area contributed by atoms with Crippen LogP contribution in [0, 0.1) is 0 Å². The van der Waals surface area contributed by atoms with Crippen molar-refractivity contribution in [3.8, 4) is 11.1 Å². The van der Waals surface area contributed by atoms with Crippen molar-refractivity contribution in [2.45, 2.75) is 70.9 Å². The van der Waals surface area contributed by atoms with Gasteiger partial charge in [0.05, 0.1) is 0 Å². The van der Waals surface area contributed by atoms with Gasteiger partial charge >= 0.3 is 12.1 Å². The standard InChI is InChI=1S/C28H36N2O5/c1-5-16-28(4,26(33)30(19(2)3)17-10-15-25(31)32)29-27(34)35-18-24-22-13-8-6-11-20(22)21-12-7-9-14-23(21)24/h6-9,11-14,19,24H,5,10,15-18H2,1-4H3,(H,29,34)(H,31,32). The molecule has 2 amide bonds. The fraction of sp³-hybridized carbons (Fsp3) is 0.464. The number of fused-ring (bicyclic) bond motifs is 3. The van der Waals surface area contributed by atoms with E-state index in [9.17, 15) is 14.4 Å². The summed E-state index contributed by atoms with van der Waals surface area (Å²) in [5, 5.41) is 11.8. The Morgan fingerprint density at radius 3 is 2.14 bits per heavy atom. The molecule has 0 fully saturated rings. The molecule has 2 aromatic rings. The lowest BCUT2D eigenvalue weighted by Gasteiger charge is -2.37. The molecule has 2 aromatic carbocycles. The Labute approximate surface area is 207 Å². The Hall–Kier alpha value is -3.35. The van der Waals surface area contributed by atoms with E-state index in [0.29, 0.717) is 25.8 Å². The molecule has 1 aliphatic carbocycles. The molecule has 2 N–H and O–H groups in total. The molecule has 0 heterocycles. The number of rotatable bonds is 11. The van der Waals surface area contributed by atoms with Gasteiger partial charge in [0, 0.05) is 24.9 Å². The second-order valence-corrected chi connectivity index (χ2v) is 9.62. The summed E-state index contributed by atoms with van der Waals surface area (Å²) < 4.78 is 5.69. The summed E-state index contributed by atoms with van der Waals surface area (Å²) in [6.07, 6.45) is 0.837. The Morgan fingerprint density at radius 2 is 1.63 bits per heavy atom. The Kier molecular flexibility index (Phi) is 8.54. The number of aliphatic carboxylic acids is 1. The summed E-state index contributed by atoms with van der Waals surface area (Å²) in [4.78, 5) is 39.0. The first-order valence-electron chi connectivity index (χ1n) is 12.3. The number of hydrogen-bond acceptors (Lipinski definition) is 4. The van der Waals surface area contributed by atoms with Gasteiger partial charge in [0.1, 0.15) is 12.1 Å². The fourth-order valence-electron chi connectivity index (χ4n) is 4.89. The van der Waals surface area contributed by atoms with E-state index in [2.05, 4.69) is 29.6 Å². The summed E-state index contributed by atoms with van der Waals surface area (Å²) in [7, 11) is 0. The van der Waals surface area contributed by atoms with E-state index in [1.165, 1.54) is 0 Å². The molecule has 1 atom stereocenters. The minimum Gasteiger partial charge on any atom is -0.481 e. The van der Waals surface area contributed by atoms with Crippen LogP contribution in [0.25, 0.3) is 11.1 Å². The Morgan fingerprint density at radius 1 is 1.06 bits per heavy atom. The summed E-state index contributed by atoms with van der Waals surface area (Å²) in [6, 6.07) is 16.1. The van der Waals surface area contributed by atoms with E-state index in [0.717, 1.165) is 22.3 Å². The normalized spacial score (nSPS) is 14.1. The van der Waals surface area contributed by atoms with Crippen molar-refractivity contribution < 1.29 is 24.2 Å². The maximum atomic E-state index is 13.5. The summed E-state index contributed by atoms with van der Waals surface area (Å²) in [6.45, 7) is 7.93. The van der Waals surface area contributed by atoms with Gasteiger partial charge in [0.25, 0.3) is 0 Å². The van der Waals surface area contributed by atoms with E-state index in [1.54, 1.807) is 11.8 Å². The average Bonchev–Trinajstić information content (AvgIpc) is 3.13. The molecular weight excluding hydrogens is 444 g/mol. The van der Waals surface area contributed by atoms with Gasteiger partial charge < -0.3 is 20.1 Å². The van der Waals surface area contributed by atoms with Crippen molar-refractivity contribution in [2.75, 3.05) is 13.2 Å². The van der Waals surface area contributed by atoms with E-state index in [-0.39, 0.29) is 30.9 Å². The highest BCUT2D eigenvalue weighted by molar-refractivity contribution is 5.90. The van der Waals surface area contributed by atoms with Gasteiger partial charge in [-0.25, -0.2) is 4.79 Å². The minimum absolute atomic E-state index is 0.0131. The maximum absolute atomic E-state index is 13.5. The lowest BCUT2D eigenvalue weighted by atomic mass is 9.93. The number of alkyl carbamates (subject to hydrolysis) is 1. The average molecular weight is 481 g/mol. The number of nitrogens with zero attached hydrogens (tertiary/aromatic N) is 1. The van der Waals surface area contributed by atoms with Gasteiger partial charge in [0.2, 0.25) is 5.91 Å². The third kappa shape index (κ3) is 6.02. The highest BCUT2D eigenvalue weighted by atomic mass is 16.5. The quantitative estimate of drug-likeness (QED) is 0.462. The first-order chi connectivity index (χ1) is 16.7. The number of carbonyl (C=O) groups is 3. The molecule has 188 valence electrons. The third-order valence-electron chi connectivity index (χ3n) is 6.62. The number of ether oxygens (including phenoxy) is 1. The fourth-order valence-corrected chi connectivity index (χ4v) is 4.89. The number of carboxylic acid groups (broad SMARTS) is 1. The second kappa shape index (κ2) is 11.4. The zero-order valence-electron chi connectivity index (χ0n) is 21.0. The molecule has 3 rings (SSSR count). The largest absolute Gasteiger partial charge is 0.481 e. The van der Waals surface area contributed by atoms with Crippen LogP contribution in [-0.2, 0) is 14.3 Å². The molecule has 7 nitrogen and oxygen atoms in total. The first-order valence-corrected chi connectivity index (χ1v) is 12.3. The molecule has 0 radical (unpaired) electrons. The van der Waals surface area contributed by atoms with Crippen molar-refractivity contribution >= 4 is 18.0 Å². The molecular formula is C28H36N2O5. The van der Waals surface area contributed by atoms with Gasteiger partial charge in [-0.3, -0.25) is 9.59 Å². The van der Waals surface area contributed by atoms with Crippen molar-refractivity contribution in [1.82, 2.24) is 10.2 Å². The van der Waals surface area contributed by atoms with E-state index in [1.807, 2.05) is 45.0 Å². The van der Waals surface area contributed by atoms with Gasteiger partial charge in [0.15, 0.2) is 0 Å². The molecule has 1 aliphatic rings. The number of amides is 2.